The van der Waals surface area contributed by atoms with Gasteiger partial charge in [0.25, 0.3) is 6.08 Å². The summed E-state index contributed by atoms with van der Waals surface area (Å²) in [5, 5.41) is 18.4. The minimum atomic E-state index is -1.76. The van der Waals surface area contributed by atoms with Crippen LogP contribution in [0.4, 0.5) is 8.78 Å². The Hall–Kier alpha value is -2.20. The van der Waals surface area contributed by atoms with Gasteiger partial charge in [0.1, 0.15) is 0 Å². The molecule has 0 bridgehead atoms. The quantitative estimate of drug-likeness (QED) is 0.755. The SMILES string of the molecule is N#CC1(C#N)CC(=C(F)F)CC1c1ccccc1. The molecular weight excluding hydrogens is 234 g/mol. The zero-order valence-corrected chi connectivity index (χ0v) is 9.53. The van der Waals surface area contributed by atoms with Crippen LogP contribution in [-0.4, -0.2) is 0 Å². The molecule has 1 saturated carbocycles. The van der Waals surface area contributed by atoms with Crippen LogP contribution < -0.4 is 0 Å². The third-order valence-corrected chi connectivity index (χ3v) is 3.41. The summed E-state index contributed by atoms with van der Waals surface area (Å²) in [5.41, 5.74) is -0.691. The fourth-order valence-corrected chi connectivity index (χ4v) is 2.44. The third-order valence-electron chi connectivity index (χ3n) is 3.41. The van der Waals surface area contributed by atoms with Crippen LogP contribution in [-0.2, 0) is 0 Å². The molecule has 1 aromatic rings. The normalized spacial score (nSPS) is 21.1. The average molecular weight is 244 g/mol. The molecule has 1 aromatic carbocycles. The van der Waals surface area contributed by atoms with Crippen molar-refractivity contribution in [1.29, 1.82) is 10.5 Å². The third kappa shape index (κ3) is 1.87. The van der Waals surface area contributed by atoms with Gasteiger partial charge in [-0.1, -0.05) is 30.3 Å². The Labute approximate surface area is 104 Å². The Bertz CT molecular complexity index is 546. The number of hydrogen-bond donors (Lipinski definition) is 0. The van der Waals surface area contributed by atoms with Crippen LogP contribution >= 0.6 is 0 Å². The maximum absolute atomic E-state index is 12.7. The Kier molecular flexibility index (Phi) is 3.12. The first-order chi connectivity index (χ1) is 8.63. The summed E-state index contributed by atoms with van der Waals surface area (Å²) in [5.74, 6) is -0.481. The van der Waals surface area contributed by atoms with Gasteiger partial charge < -0.3 is 0 Å². The van der Waals surface area contributed by atoms with E-state index < -0.39 is 17.4 Å². The molecular formula is C14H10F2N2. The summed E-state index contributed by atoms with van der Waals surface area (Å²) in [4.78, 5) is 0. The van der Waals surface area contributed by atoms with E-state index in [1.807, 2.05) is 18.2 Å². The van der Waals surface area contributed by atoms with Crippen molar-refractivity contribution in [3.05, 3.63) is 47.5 Å². The first-order valence-electron chi connectivity index (χ1n) is 5.53. The second-order valence-electron chi connectivity index (χ2n) is 4.40. The van der Waals surface area contributed by atoms with Gasteiger partial charge in [0.2, 0.25) is 0 Å². The molecule has 4 heteroatoms. The van der Waals surface area contributed by atoms with Crippen LogP contribution in [0.1, 0.15) is 24.3 Å². The zero-order chi connectivity index (χ0) is 13.2. The van der Waals surface area contributed by atoms with Crippen molar-refractivity contribution in [1.82, 2.24) is 0 Å². The van der Waals surface area contributed by atoms with Gasteiger partial charge in [-0.3, -0.25) is 0 Å². The lowest BCUT2D eigenvalue weighted by Gasteiger charge is -2.20. The predicted molar refractivity (Wildman–Crippen MR) is 61.3 cm³/mol. The number of benzene rings is 1. The summed E-state index contributed by atoms with van der Waals surface area (Å²) in [7, 11) is 0. The molecule has 2 rings (SSSR count). The highest BCUT2D eigenvalue weighted by molar-refractivity contribution is 5.39. The average Bonchev–Trinajstić information content (AvgIpc) is 2.80. The van der Waals surface area contributed by atoms with E-state index in [4.69, 9.17) is 0 Å². The summed E-state index contributed by atoms with van der Waals surface area (Å²) < 4.78 is 25.4. The topological polar surface area (TPSA) is 47.6 Å². The Morgan fingerprint density at radius 1 is 1.17 bits per heavy atom. The molecule has 0 heterocycles. The smallest absolute Gasteiger partial charge is 0.197 e. The molecule has 2 nitrogen and oxygen atoms in total. The van der Waals surface area contributed by atoms with Crippen LogP contribution in [0, 0.1) is 28.1 Å². The van der Waals surface area contributed by atoms with Gasteiger partial charge in [0, 0.05) is 12.3 Å². The fraction of sp³-hybridized carbons (Fsp3) is 0.286. The highest BCUT2D eigenvalue weighted by atomic mass is 19.3. The monoisotopic (exact) mass is 244 g/mol. The number of halogens is 2. The lowest BCUT2D eigenvalue weighted by molar-refractivity contribution is 0.406. The molecule has 18 heavy (non-hydrogen) atoms. The van der Waals surface area contributed by atoms with E-state index >= 15 is 0 Å². The van der Waals surface area contributed by atoms with E-state index in [1.165, 1.54) is 0 Å². The van der Waals surface area contributed by atoms with Gasteiger partial charge in [0.05, 0.1) is 12.1 Å². The molecule has 0 aromatic heterocycles. The van der Waals surface area contributed by atoms with Crippen molar-refractivity contribution in [3.63, 3.8) is 0 Å². The lowest BCUT2D eigenvalue weighted by Crippen LogP contribution is -2.19. The lowest BCUT2D eigenvalue weighted by atomic mass is 9.77. The Balaban J connectivity index is 2.50. The number of nitrogens with zero attached hydrogens (tertiary/aromatic N) is 2. The Morgan fingerprint density at radius 2 is 1.78 bits per heavy atom. The van der Waals surface area contributed by atoms with Crippen LogP contribution in [0.15, 0.2) is 42.0 Å². The molecule has 0 amide bonds. The van der Waals surface area contributed by atoms with Gasteiger partial charge >= 0.3 is 0 Å². The van der Waals surface area contributed by atoms with Gasteiger partial charge in [-0.15, -0.1) is 0 Å². The predicted octanol–water partition coefficient (Wildman–Crippen LogP) is 3.75. The fourth-order valence-electron chi connectivity index (χ4n) is 2.44. The number of nitriles is 2. The molecule has 0 radical (unpaired) electrons. The van der Waals surface area contributed by atoms with Crippen molar-refractivity contribution < 1.29 is 8.78 Å². The molecule has 0 saturated heterocycles. The molecule has 0 N–H and O–H groups in total. The van der Waals surface area contributed by atoms with E-state index in [-0.39, 0.29) is 18.4 Å². The maximum atomic E-state index is 12.7. The molecule has 1 aliphatic carbocycles. The van der Waals surface area contributed by atoms with Crippen LogP contribution in [0.5, 0.6) is 0 Å². The van der Waals surface area contributed by atoms with E-state index in [9.17, 15) is 19.3 Å². The van der Waals surface area contributed by atoms with Gasteiger partial charge in [0.15, 0.2) is 5.41 Å². The highest BCUT2D eigenvalue weighted by Crippen LogP contribution is 2.52. The standard InChI is InChI=1S/C14H10F2N2/c15-13(16)11-6-12(10-4-2-1-3-5-10)14(7-11,8-17)9-18/h1-5,12H,6-7H2. The molecule has 0 aliphatic heterocycles. The first-order valence-corrected chi connectivity index (χ1v) is 5.53. The number of rotatable bonds is 1. The van der Waals surface area contributed by atoms with Gasteiger partial charge in [-0.25, -0.2) is 0 Å². The van der Waals surface area contributed by atoms with E-state index in [1.54, 1.807) is 24.3 Å². The molecule has 1 atom stereocenters. The molecule has 1 aliphatic rings. The largest absolute Gasteiger partial charge is 0.269 e. The summed E-state index contributed by atoms with van der Waals surface area (Å²) >= 11 is 0. The van der Waals surface area contributed by atoms with Crippen molar-refractivity contribution >= 4 is 0 Å². The summed E-state index contributed by atoms with van der Waals surface area (Å²) in [6, 6.07) is 12.8. The van der Waals surface area contributed by atoms with Crippen molar-refractivity contribution in [2.45, 2.75) is 18.8 Å². The molecule has 0 spiro atoms. The molecule has 1 fully saturated rings. The number of allylic oxidation sites excluding steroid dienone is 1. The van der Waals surface area contributed by atoms with Crippen LogP contribution in [0.3, 0.4) is 0 Å². The molecule has 90 valence electrons. The minimum Gasteiger partial charge on any atom is -0.197 e. The first kappa shape index (κ1) is 12.3. The van der Waals surface area contributed by atoms with Crippen LogP contribution in [0.2, 0.25) is 0 Å². The van der Waals surface area contributed by atoms with Gasteiger partial charge in [-0.2, -0.15) is 19.3 Å². The van der Waals surface area contributed by atoms with E-state index in [0.29, 0.717) is 0 Å². The Morgan fingerprint density at radius 3 is 2.28 bits per heavy atom. The van der Waals surface area contributed by atoms with E-state index in [2.05, 4.69) is 0 Å². The second-order valence-corrected chi connectivity index (χ2v) is 4.40. The zero-order valence-electron chi connectivity index (χ0n) is 9.53. The van der Waals surface area contributed by atoms with Gasteiger partial charge in [-0.05, 0) is 17.6 Å². The maximum Gasteiger partial charge on any atom is 0.269 e. The summed E-state index contributed by atoms with van der Waals surface area (Å²) in [6.07, 6.45) is -1.85. The van der Waals surface area contributed by atoms with Crippen LogP contribution in [0.25, 0.3) is 0 Å². The van der Waals surface area contributed by atoms with Crippen molar-refractivity contribution in [3.8, 4) is 12.1 Å². The molecule has 1 unspecified atom stereocenters. The van der Waals surface area contributed by atoms with Crippen molar-refractivity contribution in [2.24, 2.45) is 5.41 Å². The minimum absolute atomic E-state index is 0.0769. The number of hydrogen-bond acceptors (Lipinski definition) is 2. The second kappa shape index (κ2) is 4.58. The van der Waals surface area contributed by atoms with Crippen molar-refractivity contribution in [2.75, 3.05) is 0 Å². The van der Waals surface area contributed by atoms with E-state index in [0.717, 1.165) is 5.56 Å². The summed E-state index contributed by atoms with van der Waals surface area (Å²) in [6.45, 7) is 0. The highest BCUT2D eigenvalue weighted by Gasteiger charge is 2.48.